The molecular formula is C19H12BrNO4S2. The first-order valence-corrected chi connectivity index (χ1v) is 10.9. The number of hydrogen-bond acceptors (Lipinski definition) is 5. The van der Waals surface area contributed by atoms with Gasteiger partial charge in [-0.1, -0.05) is 24.3 Å². The second-order valence-electron chi connectivity index (χ2n) is 5.80. The van der Waals surface area contributed by atoms with Crippen LogP contribution in [0.25, 0.3) is 31.9 Å². The van der Waals surface area contributed by atoms with Crippen molar-refractivity contribution in [2.24, 2.45) is 5.14 Å². The molecule has 0 spiro atoms. The van der Waals surface area contributed by atoms with E-state index >= 15 is 0 Å². The number of primary sulfonamides is 1. The summed E-state index contributed by atoms with van der Waals surface area (Å²) in [5.41, 5.74) is 1.00. The smallest absolute Gasteiger partial charge is 0.238 e. The third-order valence-corrected chi connectivity index (χ3v) is 6.64. The molecule has 0 bridgehead atoms. The summed E-state index contributed by atoms with van der Waals surface area (Å²) in [5.74, 6) is 0.444. The van der Waals surface area contributed by atoms with E-state index < -0.39 is 10.0 Å². The highest BCUT2D eigenvalue weighted by Gasteiger charge is 2.19. The van der Waals surface area contributed by atoms with Crippen LogP contribution in [0.4, 0.5) is 0 Å². The number of nitrogens with two attached hydrogens (primary N) is 1. The summed E-state index contributed by atoms with van der Waals surface area (Å²) in [7, 11) is -3.79. The predicted molar refractivity (Wildman–Crippen MR) is 110 cm³/mol. The van der Waals surface area contributed by atoms with Crippen LogP contribution in [0.3, 0.4) is 0 Å². The molecule has 0 atom stereocenters. The molecule has 0 fully saturated rings. The van der Waals surface area contributed by atoms with E-state index in [9.17, 15) is 13.2 Å². The molecule has 2 aromatic carbocycles. The first-order chi connectivity index (χ1) is 12.8. The summed E-state index contributed by atoms with van der Waals surface area (Å²) in [6, 6.07) is 16.9. The average Bonchev–Trinajstić information content (AvgIpc) is 3.07. The van der Waals surface area contributed by atoms with Crippen molar-refractivity contribution in [1.29, 1.82) is 0 Å². The summed E-state index contributed by atoms with van der Waals surface area (Å²) < 4.78 is 30.0. The number of rotatable bonds is 3. The Labute approximate surface area is 167 Å². The molecule has 0 amide bonds. The van der Waals surface area contributed by atoms with Crippen LogP contribution >= 0.6 is 27.3 Å². The summed E-state index contributed by atoms with van der Waals surface area (Å²) in [6.45, 7) is 0. The first kappa shape index (κ1) is 18.1. The van der Waals surface area contributed by atoms with Gasteiger partial charge in [0.1, 0.15) is 5.76 Å². The Bertz CT molecular complexity index is 1320. The van der Waals surface area contributed by atoms with E-state index in [1.165, 1.54) is 23.5 Å². The quantitative estimate of drug-likeness (QED) is 0.482. The van der Waals surface area contributed by atoms with E-state index in [0.29, 0.717) is 31.8 Å². The maximum Gasteiger partial charge on any atom is 0.238 e. The molecule has 0 saturated carbocycles. The van der Waals surface area contributed by atoms with E-state index in [4.69, 9.17) is 9.56 Å². The molecule has 2 N–H and O–H groups in total. The lowest BCUT2D eigenvalue weighted by Crippen LogP contribution is -2.11. The van der Waals surface area contributed by atoms with Crippen LogP contribution < -0.4 is 10.6 Å². The van der Waals surface area contributed by atoms with Gasteiger partial charge in [-0.15, -0.1) is 11.3 Å². The van der Waals surface area contributed by atoms with Crippen molar-refractivity contribution in [2.45, 2.75) is 4.90 Å². The largest absolute Gasteiger partial charge is 0.449 e. The van der Waals surface area contributed by atoms with Crippen LogP contribution in [0.15, 0.2) is 79.4 Å². The molecule has 27 heavy (non-hydrogen) atoms. The van der Waals surface area contributed by atoms with E-state index in [1.54, 1.807) is 30.3 Å². The maximum atomic E-state index is 13.2. The van der Waals surface area contributed by atoms with Crippen molar-refractivity contribution in [1.82, 2.24) is 0 Å². The van der Waals surface area contributed by atoms with E-state index in [1.807, 2.05) is 18.2 Å². The molecule has 0 unspecified atom stereocenters. The summed E-state index contributed by atoms with van der Waals surface area (Å²) in [6.07, 6.45) is 0. The van der Waals surface area contributed by atoms with Crippen molar-refractivity contribution in [3.63, 3.8) is 0 Å². The van der Waals surface area contributed by atoms with Crippen molar-refractivity contribution < 1.29 is 12.8 Å². The van der Waals surface area contributed by atoms with Crippen LogP contribution in [-0.4, -0.2) is 8.42 Å². The molecule has 0 aliphatic carbocycles. The minimum absolute atomic E-state index is 0.0154. The molecule has 136 valence electrons. The Kier molecular flexibility index (Phi) is 4.51. The third-order valence-electron chi connectivity index (χ3n) is 4.06. The van der Waals surface area contributed by atoms with E-state index in [2.05, 4.69) is 15.9 Å². The Morgan fingerprint density at radius 3 is 2.30 bits per heavy atom. The summed E-state index contributed by atoms with van der Waals surface area (Å²) >= 11 is 4.71. The first-order valence-electron chi connectivity index (χ1n) is 7.79. The van der Waals surface area contributed by atoms with Crippen molar-refractivity contribution in [3.05, 3.63) is 75.6 Å². The number of fused-ring (bicyclic) bond motifs is 1. The topological polar surface area (TPSA) is 90.4 Å². The highest BCUT2D eigenvalue weighted by atomic mass is 79.9. The van der Waals surface area contributed by atoms with Gasteiger partial charge in [0.2, 0.25) is 10.0 Å². The van der Waals surface area contributed by atoms with Crippen LogP contribution in [0.2, 0.25) is 0 Å². The minimum Gasteiger partial charge on any atom is -0.449 e. The van der Waals surface area contributed by atoms with Gasteiger partial charge in [-0.25, -0.2) is 13.6 Å². The normalized spacial score (nSPS) is 11.8. The van der Waals surface area contributed by atoms with Gasteiger partial charge in [-0.05, 0) is 57.9 Å². The monoisotopic (exact) mass is 461 g/mol. The maximum absolute atomic E-state index is 13.2. The van der Waals surface area contributed by atoms with Gasteiger partial charge in [0.15, 0.2) is 10.1 Å². The fourth-order valence-corrected chi connectivity index (χ4v) is 4.82. The van der Waals surface area contributed by atoms with E-state index in [0.717, 1.165) is 4.70 Å². The van der Waals surface area contributed by atoms with Gasteiger partial charge in [0, 0.05) is 15.0 Å². The van der Waals surface area contributed by atoms with Crippen molar-refractivity contribution in [3.8, 4) is 21.8 Å². The fourth-order valence-electron chi connectivity index (χ4n) is 2.81. The van der Waals surface area contributed by atoms with Crippen molar-refractivity contribution >= 4 is 47.4 Å². The zero-order chi connectivity index (χ0) is 19.2. The predicted octanol–water partition coefficient (Wildman–Crippen LogP) is 4.60. The Morgan fingerprint density at radius 2 is 1.67 bits per heavy atom. The lowest BCUT2D eigenvalue weighted by atomic mass is 10.1. The van der Waals surface area contributed by atoms with Crippen LogP contribution in [0, 0.1) is 0 Å². The highest BCUT2D eigenvalue weighted by Crippen LogP contribution is 2.38. The van der Waals surface area contributed by atoms with Gasteiger partial charge >= 0.3 is 0 Å². The second-order valence-corrected chi connectivity index (χ2v) is 9.20. The highest BCUT2D eigenvalue weighted by molar-refractivity contribution is 9.10. The number of halogens is 1. The molecule has 0 radical (unpaired) electrons. The number of furan rings is 1. The molecule has 4 rings (SSSR count). The van der Waals surface area contributed by atoms with Gasteiger partial charge in [0.05, 0.1) is 10.5 Å². The lowest BCUT2D eigenvalue weighted by Gasteiger charge is -2.09. The van der Waals surface area contributed by atoms with Gasteiger partial charge in [0.25, 0.3) is 0 Å². The Hall–Kier alpha value is -2.26. The molecule has 8 heteroatoms. The molecule has 2 aromatic heterocycles. The standard InChI is InChI=1S/C19H12BrNO4S2/c20-16-10-9-14(25-16)17-18(22)13-3-1-2-4-15(13)26-19(17)11-5-7-12(8-6-11)27(21,23)24/h1-10H,(H2,21,23,24). The molecule has 5 nitrogen and oxygen atoms in total. The van der Waals surface area contributed by atoms with Gasteiger partial charge in [-0.2, -0.15) is 0 Å². The fraction of sp³-hybridized carbons (Fsp3) is 0. The lowest BCUT2D eigenvalue weighted by molar-refractivity contribution is 0.556. The zero-order valence-electron chi connectivity index (χ0n) is 13.7. The number of benzene rings is 2. The SMILES string of the molecule is NS(=O)(=O)c1ccc(-c2sc3ccccc3c(=O)c2-c2ccc(Br)o2)cc1. The Morgan fingerprint density at radius 1 is 0.963 bits per heavy atom. The van der Waals surface area contributed by atoms with Crippen LogP contribution in [-0.2, 0) is 10.0 Å². The molecule has 0 aliphatic heterocycles. The van der Waals surface area contributed by atoms with Crippen LogP contribution in [0.1, 0.15) is 0 Å². The molecule has 0 saturated heterocycles. The average molecular weight is 462 g/mol. The zero-order valence-corrected chi connectivity index (χ0v) is 16.9. The second kappa shape index (κ2) is 6.72. The molecule has 0 aliphatic rings. The van der Waals surface area contributed by atoms with E-state index in [-0.39, 0.29) is 10.3 Å². The molecule has 4 aromatic rings. The number of hydrogen-bond donors (Lipinski definition) is 1. The van der Waals surface area contributed by atoms with Gasteiger partial charge < -0.3 is 4.42 Å². The number of sulfonamides is 1. The van der Waals surface area contributed by atoms with Crippen LogP contribution in [0.5, 0.6) is 0 Å². The minimum atomic E-state index is -3.79. The summed E-state index contributed by atoms with van der Waals surface area (Å²) in [5, 5.41) is 5.78. The Balaban J connectivity index is 2.03. The molecule has 2 heterocycles. The third kappa shape index (κ3) is 3.37. The summed E-state index contributed by atoms with van der Waals surface area (Å²) in [4.78, 5) is 13.9. The molecular weight excluding hydrogens is 450 g/mol. The van der Waals surface area contributed by atoms with Crippen molar-refractivity contribution in [2.75, 3.05) is 0 Å². The van der Waals surface area contributed by atoms with Gasteiger partial charge in [-0.3, -0.25) is 4.79 Å².